The van der Waals surface area contributed by atoms with Crippen molar-refractivity contribution in [3.8, 4) is 6.07 Å². The summed E-state index contributed by atoms with van der Waals surface area (Å²) >= 11 is 13.1. The van der Waals surface area contributed by atoms with Crippen LogP contribution in [0.4, 0.5) is 5.82 Å². The molecule has 1 aromatic heterocycles. The van der Waals surface area contributed by atoms with Crippen LogP contribution in [0.3, 0.4) is 0 Å². The van der Waals surface area contributed by atoms with E-state index in [1.807, 2.05) is 25.1 Å². The smallest absolute Gasteiger partial charge is 0.270 e. The van der Waals surface area contributed by atoms with E-state index in [2.05, 4.69) is 11.0 Å². The van der Waals surface area contributed by atoms with Crippen LogP contribution >= 0.6 is 35.6 Å². The van der Waals surface area contributed by atoms with Crippen LogP contribution in [0.25, 0.3) is 6.08 Å². The fourth-order valence-electron chi connectivity index (χ4n) is 4.45. The highest BCUT2D eigenvalue weighted by Crippen LogP contribution is 2.37. The van der Waals surface area contributed by atoms with Gasteiger partial charge in [0.15, 0.2) is 0 Å². The van der Waals surface area contributed by atoms with Crippen molar-refractivity contribution in [1.29, 1.82) is 5.26 Å². The first-order valence-electron chi connectivity index (χ1n) is 11.3. The van der Waals surface area contributed by atoms with Gasteiger partial charge in [-0.25, -0.2) is 0 Å². The van der Waals surface area contributed by atoms with E-state index < -0.39 is 0 Å². The maximum absolute atomic E-state index is 13.4. The van der Waals surface area contributed by atoms with Gasteiger partial charge in [0, 0.05) is 30.2 Å². The number of hydrogen-bond donors (Lipinski definition) is 0. The number of amides is 1. The molecule has 0 N–H and O–H groups in total. The highest BCUT2D eigenvalue weighted by Gasteiger charge is 2.33. The molecule has 0 atom stereocenters. The van der Waals surface area contributed by atoms with E-state index >= 15 is 0 Å². The third kappa shape index (κ3) is 4.52. The van der Waals surface area contributed by atoms with Gasteiger partial charge in [-0.1, -0.05) is 53.8 Å². The summed E-state index contributed by atoms with van der Waals surface area (Å²) in [4.78, 5) is 30.7. The molecule has 2 aromatic rings. The molecule has 0 aliphatic carbocycles. The van der Waals surface area contributed by atoms with Gasteiger partial charge in [0.1, 0.15) is 21.8 Å². The van der Waals surface area contributed by atoms with Crippen molar-refractivity contribution in [3.63, 3.8) is 0 Å². The monoisotopic (exact) mass is 512 g/mol. The Hall–Kier alpha value is -2.60. The maximum Gasteiger partial charge on any atom is 0.270 e. The molecule has 0 spiro atoms. The molecule has 34 heavy (non-hydrogen) atoms. The van der Waals surface area contributed by atoms with E-state index in [-0.39, 0.29) is 23.6 Å². The first kappa shape index (κ1) is 24.5. The Balaban J connectivity index is 1.81. The summed E-state index contributed by atoms with van der Waals surface area (Å²) in [5, 5.41) is 10.3. The lowest BCUT2D eigenvalue weighted by atomic mass is 10.0. The van der Waals surface area contributed by atoms with Gasteiger partial charge >= 0.3 is 0 Å². The van der Waals surface area contributed by atoms with Crippen LogP contribution in [0.5, 0.6) is 0 Å². The van der Waals surface area contributed by atoms with E-state index in [0.717, 1.165) is 49.3 Å². The van der Waals surface area contributed by atoms with Crippen LogP contribution in [0.15, 0.2) is 34.0 Å². The zero-order valence-electron chi connectivity index (χ0n) is 19.1. The number of nitrogens with zero attached hydrogens (tertiary/aromatic N) is 4. The molecular weight excluding hydrogens is 488 g/mol. The zero-order valence-corrected chi connectivity index (χ0v) is 21.5. The molecule has 2 aliphatic heterocycles. The highest BCUT2D eigenvalue weighted by atomic mass is 35.5. The number of halogens is 1. The van der Waals surface area contributed by atoms with Crippen molar-refractivity contribution in [1.82, 2.24) is 9.47 Å². The number of thioether (sulfide) groups is 1. The van der Waals surface area contributed by atoms with Gasteiger partial charge < -0.3 is 4.90 Å². The summed E-state index contributed by atoms with van der Waals surface area (Å²) in [6, 6.07) is 9.46. The number of carbonyl (C=O) groups excluding carboxylic acids is 1. The largest absolute Gasteiger partial charge is 0.357 e. The number of benzene rings is 1. The molecule has 0 bridgehead atoms. The molecule has 0 unspecified atom stereocenters. The third-order valence-corrected chi connectivity index (χ3v) is 8.00. The van der Waals surface area contributed by atoms with Crippen molar-refractivity contribution < 1.29 is 4.79 Å². The van der Waals surface area contributed by atoms with Crippen LogP contribution in [0.1, 0.15) is 48.4 Å². The summed E-state index contributed by atoms with van der Waals surface area (Å²) in [5.41, 5.74) is 1.97. The number of thiocarbonyl (C=S) groups is 1. The summed E-state index contributed by atoms with van der Waals surface area (Å²) in [7, 11) is 0. The van der Waals surface area contributed by atoms with E-state index in [0.29, 0.717) is 26.4 Å². The average molecular weight is 513 g/mol. The minimum absolute atomic E-state index is 0.111. The Morgan fingerprint density at radius 2 is 1.91 bits per heavy atom. The summed E-state index contributed by atoms with van der Waals surface area (Å²) in [6.45, 7) is 6.07. The van der Waals surface area contributed by atoms with Gasteiger partial charge in [-0.3, -0.25) is 19.1 Å². The molecule has 9 heteroatoms. The molecule has 3 heterocycles. The second kappa shape index (κ2) is 10.3. The molecule has 1 amide bonds. The van der Waals surface area contributed by atoms with Crippen molar-refractivity contribution in [2.45, 2.75) is 46.2 Å². The van der Waals surface area contributed by atoms with Crippen molar-refractivity contribution in [2.75, 3.05) is 18.0 Å². The molecular formula is C25H25ClN4O2S2. The fourth-order valence-corrected chi connectivity index (χ4v) is 5.88. The fraction of sp³-hybridized carbons (Fsp3) is 0.360. The number of piperidine rings is 1. The first-order valence-corrected chi connectivity index (χ1v) is 12.9. The Bertz CT molecular complexity index is 1290. The van der Waals surface area contributed by atoms with Gasteiger partial charge in [-0.15, -0.1) is 0 Å². The topological polar surface area (TPSA) is 69.3 Å². The molecule has 2 aliphatic rings. The molecule has 2 saturated heterocycles. The van der Waals surface area contributed by atoms with Crippen molar-refractivity contribution in [2.24, 2.45) is 0 Å². The van der Waals surface area contributed by atoms with Gasteiger partial charge in [0.25, 0.3) is 11.5 Å². The summed E-state index contributed by atoms with van der Waals surface area (Å²) < 4.78 is 2.12. The third-order valence-electron chi connectivity index (χ3n) is 6.25. The molecule has 1 aromatic carbocycles. The Labute approximate surface area is 213 Å². The second-order valence-corrected chi connectivity index (χ2v) is 10.4. The minimum Gasteiger partial charge on any atom is -0.357 e. The standard InChI is InChI=1S/C25H25ClN4O2S2/c1-3-29-22(28-11-7-4-8-12-28)18(16(2)19(14-27)23(29)31)13-21-24(32)30(25(33)34-21)15-17-9-5-6-10-20(17)26/h5-6,9-10,13H,3-4,7-8,11-12,15H2,1-2H3/b21-13-. The van der Waals surface area contributed by atoms with Crippen molar-refractivity contribution >= 4 is 57.7 Å². The number of anilines is 1. The lowest BCUT2D eigenvalue weighted by Crippen LogP contribution is -2.37. The Kier molecular flexibility index (Phi) is 7.46. The summed E-state index contributed by atoms with van der Waals surface area (Å²) in [6.07, 6.45) is 5.03. The second-order valence-electron chi connectivity index (χ2n) is 8.31. The number of aromatic nitrogens is 1. The molecule has 0 radical (unpaired) electrons. The summed E-state index contributed by atoms with van der Waals surface area (Å²) in [5.74, 6) is 0.576. The zero-order chi connectivity index (χ0) is 24.4. The van der Waals surface area contributed by atoms with Crippen molar-refractivity contribution in [3.05, 3.63) is 66.8 Å². The predicted octanol–water partition coefficient (Wildman–Crippen LogP) is 5.09. The van der Waals surface area contributed by atoms with Crippen LogP contribution in [0.2, 0.25) is 5.02 Å². The van der Waals surface area contributed by atoms with Crippen LogP contribution < -0.4 is 10.5 Å². The normalized spacial score (nSPS) is 17.5. The van der Waals surface area contributed by atoms with Gasteiger partial charge in [0.2, 0.25) is 0 Å². The predicted molar refractivity (Wildman–Crippen MR) is 142 cm³/mol. The minimum atomic E-state index is -0.286. The van der Waals surface area contributed by atoms with Crippen LogP contribution in [-0.2, 0) is 17.9 Å². The van der Waals surface area contributed by atoms with Gasteiger partial charge in [-0.05, 0) is 56.4 Å². The lowest BCUT2D eigenvalue weighted by Gasteiger charge is -2.33. The number of carbonyl (C=O) groups is 1. The molecule has 0 saturated carbocycles. The van der Waals surface area contributed by atoms with E-state index in [1.54, 1.807) is 28.5 Å². The van der Waals surface area contributed by atoms with Gasteiger partial charge in [-0.2, -0.15) is 5.26 Å². The van der Waals surface area contributed by atoms with E-state index in [4.69, 9.17) is 23.8 Å². The van der Waals surface area contributed by atoms with E-state index in [1.165, 1.54) is 11.8 Å². The number of pyridine rings is 1. The Morgan fingerprint density at radius 3 is 2.56 bits per heavy atom. The quantitative estimate of drug-likeness (QED) is 0.410. The van der Waals surface area contributed by atoms with Gasteiger partial charge in [0.05, 0.1) is 11.4 Å². The highest BCUT2D eigenvalue weighted by molar-refractivity contribution is 8.26. The Morgan fingerprint density at radius 1 is 1.21 bits per heavy atom. The van der Waals surface area contributed by atoms with Crippen LogP contribution in [0, 0.1) is 18.3 Å². The average Bonchev–Trinajstić information content (AvgIpc) is 3.10. The first-order chi connectivity index (χ1) is 16.4. The molecule has 4 rings (SSSR count). The number of rotatable bonds is 5. The van der Waals surface area contributed by atoms with Crippen LogP contribution in [-0.4, -0.2) is 32.8 Å². The number of nitriles is 1. The molecule has 6 nitrogen and oxygen atoms in total. The molecule has 176 valence electrons. The number of hydrogen-bond acceptors (Lipinski definition) is 6. The van der Waals surface area contributed by atoms with E-state index in [9.17, 15) is 14.9 Å². The molecule has 2 fully saturated rings. The SMILES string of the molecule is CCn1c(N2CCCCC2)c(/C=C2\SC(=S)N(Cc3ccccc3Cl)C2=O)c(C)c(C#N)c1=O. The maximum atomic E-state index is 13.4. The lowest BCUT2D eigenvalue weighted by molar-refractivity contribution is -0.122.